The summed E-state index contributed by atoms with van der Waals surface area (Å²) in [5.74, 6) is 0. The van der Waals surface area contributed by atoms with E-state index in [1.165, 1.54) is 29.7 Å². The Morgan fingerprint density at radius 1 is 0.950 bits per heavy atom. The maximum atomic E-state index is 3.57. The van der Waals surface area contributed by atoms with Crippen LogP contribution in [0.1, 0.15) is 30.9 Å². The van der Waals surface area contributed by atoms with Crippen LogP contribution in [0.5, 0.6) is 0 Å². The lowest BCUT2D eigenvalue weighted by molar-refractivity contribution is 0.743. The van der Waals surface area contributed by atoms with Crippen LogP contribution in [-0.4, -0.2) is 6.54 Å². The van der Waals surface area contributed by atoms with Crippen molar-refractivity contribution in [3.63, 3.8) is 0 Å². The van der Waals surface area contributed by atoms with E-state index in [1.807, 2.05) is 0 Å². The summed E-state index contributed by atoms with van der Waals surface area (Å²) in [6, 6.07) is 21.2. The van der Waals surface area contributed by atoms with Gasteiger partial charge in [0.05, 0.1) is 0 Å². The molecule has 2 aromatic rings. The number of rotatable bonds is 7. The van der Waals surface area contributed by atoms with Gasteiger partial charge in [-0.1, -0.05) is 80.1 Å². The Bertz CT molecular complexity index is 514. The van der Waals surface area contributed by atoms with E-state index in [2.05, 4.69) is 79.0 Å². The smallest absolute Gasteiger partial charge is 0.0376 e. The van der Waals surface area contributed by atoms with Crippen molar-refractivity contribution in [3.05, 3.63) is 77.9 Å². The summed E-state index contributed by atoms with van der Waals surface area (Å²) in [6.07, 6.45) is 5.67. The summed E-state index contributed by atoms with van der Waals surface area (Å²) in [5, 5.41) is 3.57. The van der Waals surface area contributed by atoms with Gasteiger partial charge in [-0.25, -0.2) is 0 Å². The van der Waals surface area contributed by atoms with Crippen LogP contribution in [0.4, 0.5) is 0 Å². The molecule has 0 bridgehead atoms. The Balaban J connectivity index is 2.09. The number of hydrogen-bond donors (Lipinski definition) is 1. The van der Waals surface area contributed by atoms with Crippen molar-refractivity contribution >= 4 is 5.70 Å². The van der Waals surface area contributed by atoms with Crippen LogP contribution in [0.25, 0.3) is 5.70 Å². The molecule has 20 heavy (non-hydrogen) atoms. The van der Waals surface area contributed by atoms with Crippen molar-refractivity contribution in [1.29, 1.82) is 0 Å². The molecule has 0 fully saturated rings. The van der Waals surface area contributed by atoms with Gasteiger partial charge in [0.25, 0.3) is 0 Å². The molecule has 0 aromatic heterocycles. The first-order valence-corrected chi connectivity index (χ1v) is 7.43. The lowest BCUT2D eigenvalue weighted by Gasteiger charge is -2.11. The van der Waals surface area contributed by atoms with Gasteiger partial charge in [-0.15, -0.1) is 0 Å². The topological polar surface area (TPSA) is 12.0 Å². The van der Waals surface area contributed by atoms with E-state index in [1.54, 1.807) is 0 Å². The van der Waals surface area contributed by atoms with Crippen LogP contribution in [0.3, 0.4) is 0 Å². The summed E-state index contributed by atoms with van der Waals surface area (Å²) in [6.45, 7) is 3.25. The Hall–Kier alpha value is -2.02. The third-order valence-electron chi connectivity index (χ3n) is 3.32. The highest BCUT2D eigenvalue weighted by molar-refractivity contribution is 5.64. The maximum absolute atomic E-state index is 3.57. The Morgan fingerprint density at radius 3 is 2.25 bits per heavy atom. The van der Waals surface area contributed by atoms with E-state index in [4.69, 9.17) is 0 Å². The van der Waals surface area contributed by atoms with E-state index in [0.717, 1.165) is 13.0 Å². The molecular formula is C19H23N. The predicted molar refractivity (Wildman–Crippen MR) is 87.5 cm³/mol. The molecule has 0 radical (unpaired) electrons. The molecular weight excluding hydrogens is 242 g/mol. The highest BCUT2D eigenvalue weighted by Gasteiger charge is 2.00. The van der Waals surface area contributed by atoms with Gasteiger partial charge in [-0.05, 0) is 24.0 Å². The van der Waals surface area contributed by atoms with Crippen molar-refractivity contribution in [3.8, 4) is 0 Å². The normalized spacial score (nSPS) is 11.3. The molecule has 0 heterocycles. The molecule has 0 amide bonds. The molecule has 0 aliphatic rings. The standard InChI is InChI=1S/C19H23N/c1-2-3-16-20-19(18-12-8-5-9-13-18)15-14-17-10-6-4-7-11-17/h4-13,15,20H,2-3,14,16H2,1H3. The van der Waals surface area contributed by atoms with Gasteiger partial charge >= 0.3 is 0 Å². The first-order valence-electron chi connectivity index (χ1n) is 7.43. The zero-order valence-corrected chi connectivity index (χ0v) is 12.2. The second-order valence-electron chi connectivity index (χ2n) is 4.95. The fourth-order valence-corrected chi connectivity index (χ4v) is 2.14. The van der Waals surface area contributed by atoms with Gasteiger partial charge < -0.3 is 5.32 Å². The van der Waals surface area contributed by atoms with Crippen molar-refractivity contribution in [2.75, 3.05) is 6.54 Å². The lowest BCUT2D eigenvalue weighted by atomic mass is 10.1. The van der Waals surface area contributed by atoms with Crippen LogP contribution in [0, 0.1) is 0 Å². The lowest BCUT2D eigenvalue weighted by Crippen LogP contribution is -2.13. The molecule has 1 nitrogen and oxygen atoms in total. The number of unbranched alkanes of at least 4 members (excludes halogenated alkanes) is 1. The van der Waals surface area contributed by atoms with Crippen LogP contribution in [-0.2, 0) is 6.42 Å². The number of nitrogens with one attached hydrogen (secondary N) is 1. The molecule has 0 aliphatic heterocycles. The molecule has 0 spiro atoms. The number of hydrogen-bond acceptors (Lipinski definition) is 1. The number of allylic oxidation sites excluding steroid dienone is 1. The van der Waals surface area contributed by atoms with E-state index >= 15 is 0 Å². The van der Waals surface area contributed by atoms with Gasteiger partial charge in [-0.3, -0.25) is 0 Å². The van der Waals surface area contributed by atoms with Crippen molar-refractivity contribution in [2.24, 2.45) is 0 Å². The minimum absolute atomic E-state index is 0.962. The van der Waals surface area contributed by atoms with E-state index in [-0.39, 0.29) is 0 Å². The fourth-order valence-electron chi connectivity index (χ4n) is 2.14. The highest BCUT2D eigenvalue weighted by Crippen LogP contribution is 2.13. The third-order valence-corrected chi connectivity index (χ3v) is 3.32. The minimum atomic E-state index is 0.962. The van der Waals surface area contributed by atoms with Gasteiger partial charge in [0, 0.05) is 12.2 Å². The highest BCUT2D eigenvalue weighted by atomic mass is 14.9. The largest absolute Gasteiger partial charge is 0.385 e. The summed E-state index contributed by atoms with van der Waals surface area (Å²) in [4.78, 5) is 0. The maximum Gasteiger partial charge on any atom is 0.0376 e. The van der Waals surface area contributed by atoms with Gasteiger partial charge in [0.2, 0.25) is 0 Å². The molecule has 0 unspecified atom stereocenters. The SMILES string of the molecule is CCCCNC(=CCc1ccccc1)c1ccccc1. The molecule has 2 aromatic carbocycles. The molecule has 1 N–H and O–H groups in total. The van der Waals surface area contributed by atoms with Crippen molar-refractivity contribution in [1.82, 2.24) is 5.32 Å². The molecule has 0 saturated heterocycles. The summed E-state index contributed by atoms with van der Waals surface area (Å²) in [7, 11) is 0. The molecule has 2 rings (SSSR count). The van der Waals surface area contributed by atoms with Gasteiger partial charge in [0.15, 0.2) is 0 Å². The molecule has 104 valence electrons. The van der Waals surface area contributed by atoms with Crippen molar-refractivity contribution < 1.29 is 0 Å². The third kappa shape index (κ3) is 4.58. The summed E-state index contributed by atoms with van der Waals surface area (Å²) in [5.41, 5.74) is 3.85. The molecule has 1 heteroatoms. The second-order valence-corrected chi connectivity index (χ2v) is 4.95. The fraction of sp³-hybridized carbons (Fsp3) is 0.263. The molecule has 0 atom stereocenters. The van der Waals surface area contributed by atoms with Crippen LogP contribution in [0.15, 0.2) is 66.7 Å². The quantitative estimate of drug-likeness (QED) is 0.718. The zero-order chi connectivity index (χ0) is 14.0. The average molecular weight is 265 g/mol. The van der Waals surface area contributed by atoms with E-state index in [9.17, 15) is 0 Å². The molecule has 0 aliphatic carbocycles. The van der Waals surface area contributed by atoms with Crippen LogP contribution >= 0.6 is 0 Å². The zero-order valence-electron chi connectivity index (χ0n) is 12.2. The first-order chi connectivity index (χ1) is 9.90. The Morgan fingerprint density at radius 2 is 1.60 bits per heavy atom. The Kier molecular flexibility index (Phi) is 5.91. The van der Waals surface area contributed by atoms with E-state index < -0.39 is 0 Å². The predicted octanol–water partition coefficient (Wildman–Crippen LogP) is 4.66. The average Bonchev–Trinajstić information content (AvgIpc) is 2.52. The van der Waals surface area contributed by atoms with Crippen LogP contribution in [0.2, 0.25) is 0 Å². The minimum Gasteiger partial charge on any atom is -0.385 e. The Labute approximate surface area is 122 Å². The monoisotopic (exact) mass is 265 g/mol. The number of benzene rings is 2. The van der Waals surface area contributed by atoms with Crippen LogP contribution < -0.4 is 5.32 Å². The summed E-state index contributed by atoms with van der Waals surface area (Å²) >= 11 is 0. The van der Waals surface area contributed by atoms with Gasteiger partial charge in [0.1, 0.15) is 0 Å². The first kappa shape index (κ1) is 14.4. The van der Waals surface area contributed by atoms with Crippen molar-refractivity contribution in [2.45, 2.75) is 26.2 Å². The molecule has 0 saturated carbocycles. The van der Waals surface area contributed by atoms with E-state index in [0.29, 0.717) is 0 Å². The van der Waals surface area contributed by atoms with Gasteiger partial charge in [-0.2, -0.15) is 0 Å². The second kappa shape index (κ2) is 8.21. The summed E-state index contributed by atoms with van der Waals surface area (Å²) < 4.78 is 0.